The molecule has 0 saturated heterocycles. The monoisotopic (exact) mass is 384 g/mol. The molecule has 2 rings (SSSR count). The molecule has 3 nitrogen and oxygen atoms in total. The number of alkyl halides is 3. The first kappa shape index (κ1) is 20.1. The Morgan fingerprint density at radius 2 is 1.85 bits per heavy atom. The van der Waals surface area contributed by atoms with E-state index < -0.39 is 22.8 Å². The molecule has 140 valence electrons. The third-order valence-electron chi connectivity index (χ3n) is 3.81. The van der Waals surface area contributed by atoms with Crippen molar-refractivity contribution >= 4 is 23.3 Å². The van der Waals surface area contributed by atoms with Gasteiger partial charge in [-0.15, -0.1) is 0 Å². The van der Waals surface area contributed by atoms with Crippen LogP contribution in [0.25, 0.3) is 0 Å². The molecule has 0 spiro atoms. The molecule has 2 aromatic rings. The van der Waals surface area contributed by atoms with E-state index in [1.54, 1.807) is 4.90 Å². The van der Waals surface area contributed by atoms with Crippen LogP contribution in [0.5, 0.6) is 0 Å². The van der Waals surface area contributed by atoms with Crippen LogP contribution < -0.4 is 5.32 Å². The van der Waals surface area contributed by atoms with Crippen molar-refractivity contribution in [1.29, 1.82) is 0 Å². The number of nitrogens with zero attached hydrogens (tertiary/aromatic N) is 1. The van der Waals surface area contributed by atoms with Gasteiger partial charge in [-0.05, 0) is 30.2 Å². The molecule has 0 atom stereocenters. The highest BCUT2D eigenvalue weighted by Gasteiger charge is 2.33. The number of hydrogen-bond donors (Lipinski definition) is 1. The highest BCUT2D eigenvalue weighted by atomic mass is 35.5. The van der Waals surface area contributed by atoms with Crippen LogP contribution in [0.4, 0.5) is 23.7 Å². The average Bonchev–Trinajstić information content (AvgIpc) is 2.60. The van der Waals surface area contributed by atoms with E-state index in [1.807, 2.05) is 37.3 Å². The Balaban J connectivity index is 2.16. The molecular weight excluding hydrogens is 365 g/mol. The molecular formula is C19H20ClF3N2O. The maximum Gasteiger partial charge on any atom is 0.417 e. The summed E-state index contributed by atoms with van der Waals surface area (Å²) in [4.78, 5) is 14.2. The van der Waals surface area contributed by atoms with Crippen LogP contribution in [-0.4, -0.2) is 17.5 Å². The van der Waals surface area contributed by atoms with E-state index >= 15 is 0 Å². The topological polar surface area (TPSA) is 32.3 Å². The molecule has 2 aromatic carbocycles. The first-order chi connectivity index (χ1) is 12.3. The zero-order valence-corrected chi connectivity index (χ0v) is 15.1. The summed E-state index contributed by atoms with van der Waals surface area (Å²) in [5.74, 6) is 0. The summed E-state index contributed by atoms with van der Waals surface area (Å²) >= 11 is 5.61. The van der Waals surface area contributed by atoms with Crippen LogP contribution in [0.15, 0.2) is 48.5 Å². The van der Waals surface area contributed by atoms with Gasteiger partial charge < -0.3 is 10.2 Å². The zero-order valence-electron chi connectivity index (χ0n) is 14.3. The molecule has 0 radical (unpaired) electrons. The molecule has 0 aliphatic heterocycles. The second-order valence-corrected chi connectivity index (χ2v) is 6.29. The summed E-state index contributed by atoms with van der Waals surface area (Å²) in [5, 5.41) is 2.14. The third-order valence-corrected chi connectivity index (χ3v) is 4.14. The Hall–Kier alpha value is -2.21. The lowest BCUT2D eigenvalue weighted by Crippen LogP contribution is -2.35. The van der Waals surface area contributed by atoms with E-state index in [4.69, 9.17) is 11.6 Å². The number of urea groups is 1. The molecule has 0 bridgehead atoms. The normalized spacial score (nSPS) is 11.3. The molecule has 0 aliphatic carbocycles. The highest BCUT2D eigenvalue weighted by molar-refractivity contribution is 6.31. The fraction of sp³-hybridized carbons (Fsp3) is 0.316. The second-order valence-electron chi connectivity index (χ2n) is 5.88. The Bertz CT molecular complexity index is 735. The maximum absolute atomic E-state index is 13.0. The minimum Gasteiger partial charge on any atom is -0.320 e. The number of anilines is 1. The van der Waals surface area contributed by atoms with Crippen LogP contribution in [-0.2, 0) is 12.7 Å². The Morgan fingerprint density at radius 3 is 2.46 bits per heavy atom. The van der Waals surface area contributed by atoms with Crippen LogP contribution in [0, 0.1) is 0 Å². The first-order valence-electron chi connectivity index (χ1n) is 8.28. The number of hydrogen-bond acceptors (Lipinski definition) is 1. The van der Waals surface area contributed by atoms with E-state index in [-0.39, 0.29) is 5.69 Å². The zero-order chi connectivity index (χ0) is 19.2. The molecule has 26 heavy (non-hydrogen) atoms. The van der Waals surface area contributed by atoms with Gasteiger partial charge in [-0.25, -0.2) is 4.79 Å². The summed E-state index contributed by atoms with van der Waals surface area (Å²) in [6.07, 6.45) is -2.88. The molecule has 0 aromatic heterocycles. The number of rotatable bonds is 6. The number of halogens is 4. The van der Waals surface area contributed by atoms with E-state index in [1.165, 1.54) is 6.07 Å². The minimum absolute atomic E-state index is 0.0567. The molecule has 7 heteroatoms. The summed E-state index contributed by atoms with van der Waals surface area (Å²) in [7, 11) is 0. The van der Waals surface area contributed by atoms with Gasteiger partial charge in [0.25, 0.3) is 0 Å². The van der Waals surface area contributed by atoms with Crippen LogP contribution >= 0.6 is 11.6 Å². The van der Waals surface area contributed by atoms with E-state index in [0.29, 0.717) is 13.1 Å². The van der Waals surface area contributed by atoms with Gasteiger partial charge in [0.1, 0.15) is 0 Å². The number of carbonyl (C=O) groups is 1. The van der Waals surface area contributed by atoms with Crippen molar-refractivity contribution in [1.82, 2.24) is 4.90 Å². The number of carbonyl (C=O) groups excluding carboxylic acids is 1. The van der Waals surface area contributed by atoms with Crippen LogP contribution in [0.3, 0.4) is 0 Å². The van der Waals surface area contributed by atoms with E-state index in [2.05, 4.69) is 5.32 Å². The van der Waals surface area contributed by atoms with Gasteiger partial charge in [-0.1, -0.05) is 55.3 Å². The first-order valence-corrected chi connectivity index (χ1v) is 8.65. The van der Waals surface area contributed by atoms with Crippen molar-refractivity contribution in [2.75, 3.05) is 11.9 Å². The van der Waals surface area contributed by atoms with Crippen molar-refractivity contribution < 1.29 is 18.0 Å². The van der Waals surface area contributed by atoms with Gasteiger partial charge in [0.2, 0.25) is 0 Å². The maximum atomic E-state index is 13.0. The summed E-state index contributed by atoms with van der Waals surface area (Å²) in [5.41, 5.74) is 0.0345. The van der Waals surface area contributed by atoms with Gasteiger partial charge in [-0.3, -0.25) is 0 Å². The molecule has 1 N–H and O–H groups in total. The number of amides is 2. The summed E-state index contributed by atoms with van der Waals surface area (Å²) in [6, 6.07) is 12.3. The predicted molar refractivity (Wildman–Crippen MR) is 97.2 cm³/mol. The molecule has 2 amide bonds. The van der Waals surface area contributed by atoms with Gasteiger partial charge >= 0.3 is 12.2 Å². The van der Waals surface area contributed by atoms with Crippen molar-refractivity contribution in [3.8, 4) is 0 Å². The lowest BCUT2D eigenvalue weighted by molar-refractivity contribution is -0.137. The number of benzene rings is 2. The second kappa shape index (κ2) is 8.94. The Kier molecular flexibility index (Phi) is 6.91. The van der Waals surface area contributed by atoms with Gasteiger partial charge in [0, 0.05) is 18.8 Å². The van der Waals surface area contributed by atoms with Gasteiger partial charge in [0.05, 0.1) is 10.6 Å². The fourth-order valence-corrected chi connectivity index (χ4v) is 2.65. The standard InChI is InChI=1S/C19H20ClF3N2O/c1-2-3-11-25(13-14-7-5-4-6-8-14)18(26)24-15-9-10-17(20)16(12-15)19(21,22)23/h4-10,12H,2-3,11,13H2,1H3,(H,24,26). The Morgan fingerprint density at radius 1 is 1.15 bits per heavy atom. The van der Waals surface area contributed by atoms with Crippen molar-refractivity contribution in [3.05, 3.63) is 64.7 Å². The van der Waals surface area contributed by atoms with Crippen molar-refractivity contribution in [2.24, 2.45) is 0 Å². The van der Waals surface area contributed by atoms with Crippen molar-refractivity contribution in [3.63, 3.8) is 0 Å². The Labute approximate surface area is 155 Å². The van der Waals surface area contributed by atoms with Crippen LogP contribution in [0.1, 0.15) is 30.9 Å². The molecule has 0 unspecified atom stereocenters. The SMILES string of the molecule is CCCCN(Cc1ccccc1)C(=O)Nc1ccc(Cl)c(C(F)(F)F)c1. The largest absolute Gasteiger partial charge is 0.417 e. The lowest BCUT2D eigenvalue weighted by atomic mass is 10.2. The van der Waals surface area contributed by atoms with E-state index in [0.717, 1.165) is 30.5 Å². The van der Waals surface area contributed by atoms with Crippen LogP contribution in [0.2, 0.25) is 5.02 Å². The number of nitrogens with one attached hydrogen (secondary N) is 1. The molecule has 0 heterocycles. The van der Waals surface area contributed by atoms with Gasteiger partial charge in [-0.2, -0.15) is 13.2 Å². The fourth-order valence-electron chi connectivity index (χ4n) is 2.43. The third kappa shape index (κ3) is 5.66. The smallest absolute Gasteiger partial charge is 0.320 e. The molecule has 0 aliphatic rings. The molecule has 0 saturated carbocycles. The lowest BCUT2D eigenvalue weighted by Gasteiger charge is -2.23. The van der Waals surface area contributed by atoms with Crippen molar-refractivity contribution in [2.45, 2.75) is 32.5 Å². The van der Waals surface area contributed by atoms with Gasteiger partial charge in [0.15, 0.2) is 0 Å². The van der Waals surface area contributed by atoms with E-state index in [9.17, 15) is 18.0 Å². The predicted octanol–water partition coefficient (Wildman–Crippen LogP) is 6.19. The summed E-state index contributed by atoms with van der Waals surface area (Å²) in [6.45, 7) is 2.90. The average molecular weight is 385 g/mol. The highest BCUT2D eigenvalue weighted by Crippen LogP contribution is 2.36. The summed E-state index contributed by atoms with van der Waals surface area (Å²) < 4.78 is 38.9. The minimum atomic E-state index is -4.58. The quantitative estimate of drug-likeness (QED) is 0.632. The molecule has 0 fully saturated rings. The number of unbranched alkanes of at least 4 members (excludes halogenated alkanes) is 1.